The molecule has 0 spiro atoms. The van der Waals surface area contributed by atoms with Crippen LogP contribution in [0.4, 0.5) is 0 Å². The average molecular weight is 421 g/mol. The number of nitrogens with one attached hydrogen (secondary N) is 1. The van der Waals surface area contributed by atoms with Gasteiger partial charge in [0.05, 0.1) is 23.3 Å². The molecule has 2 aromatic carbocycles. The van der Waals surface area contributed by atoms with Crippen molar-refractivity contribution >= 4 is 29.0 Å². The molecule has 29 heavy (non-hydrogen) atoms. The summed E-state index contributed by atoms with van der Waals surface area (Å²) < 4.78 is 1.89. The average Bonchev–Trinajstić information content (AvgIpc) is 3.46. The molecular weight excluding hydrogens is 400 g/mol. The van der Waals surface area contributed by atoms with E-state index in [1.54, 1.807) is 29.3 Å². The van der Waals surface area contributed by atoms with Crippen LogP contribution in [0.3, 0.4) is 0 Å². The van der Waals surface area contributed by atoms with Crippen molar-refractivity contribution in [3.8, 4) is 0 Å². The number of thioether (sulfide) groups is 1. The fourth-order valence-corrected chi connectivity index (χ4v) is 4.48. The molecule has 5 nitrogen and oxygen atoms in total. The lowest BCUT2D eigenvalue weighted by molar-refractivity contribution is 0.0948. The number of thiazole rings is 1. The van der Waals surface area contributed by atoms with Crippen molar-refractivity contribution in [2.24, 2.45) is 0 Å². The van der Waals surface area contributed by atoms with Crippen molar-refractivity contribution in [3.63, 3.8) is 0 Å². The smallest absolute Gasteiger partial charge is 0.252 e. The van der Waals surface area contributed by atoms with E-state index in [0.717, 1.165) is 28.5 Å². The van der Waals surface area contributed by atoms with Crippen molar-refractivity contribution in [2.45, 2.75) is 23.7 Å². The Morgan fingerprint density at radius 2 is 1.90 bits per heavy atom. The number of aromatic nitrogens is 3. The number of rotatable bonds is 8. The molecule has 4 rings (SSSR count). The molecule has 0 unspecified atom stereocenters. The van der Waals surface area contributed by atoms with Crippen LogP contribution in [0.1, 0.15) is 27.2 Å². The lowest BCUT2D eigenvalue weighted by Crippen LogP contribution is -2.23. The number of carbonyl (C=O) groups excluding carboxylic acids is 1. The molecule has 0 bridgehead atoms. The van der Waals surface area contributed by atoms with E-state index in [4.69, 9.17) is 0 Å². The highest BCUT2D eigenvalue weighted by molar-refractivity contribution is 7.98. The van der Waals surface area contributed by atoms with Gasteiger partial charge in [-0.2, -0.15) is 5.10 Å². The number of nitrogens with zero attached hydrogens (tertiary/aromatic N) is 3. The number of benzene rings is 2. The van der Waals surface area contributed by atoms with E-state index < -0.39 is 0 Å². The molecule has 7 heteroatoms. The summed E-state index contributed by atoms with van der Waals surface area (Å²) in [7, 11) is 0. The monoisotopic (exact) mass is 420 g/mol. The van der Waals surface area contributed by atoms with Gasteiger partial charge in [-0.3, -0.25) is 9.48 Å². The van der Waals surface area contributed by atoms with Gasteiger partial charge in [-0.15, -0.1) is 23.1 Å². The Balaban J connectivity index is 1.34. The van der Waals surface area contributed by atoms with E-state index in [1.807, 2.05) is 64.2 Å². The molecule has 4 aromatic rings. The molecule has 1 amide bonds. The molecule has 2 heterocycles. The van der Waals surface area contributed by atoms with Crippen molar-refractivity contribution in [1.82, 2.24) is 20.1 Å². The van der Waals surface area contributed by atoms with Gasteiger partial charge >= 0.3 is 0 Å². The van der Waals surface area contributed by atoms with E-state index in [2.05, 4.69) is 27.5 Å². The summed E-state index contributed by atoms with van der Waals surface area (Å²) in [5.41, 5.74) is 5.80. The van der Waals surface area contributed by atoms with Gasteiger partial charge < -0.3 is 5.32 Å². The summed E-state index contributed by atoms with van der Waals surface area (Å²) in [6.45, 7) is 1.23. The summed E-state index contributed by atoms with van der Waals surface area (Å²) >= 11 is 3.22. The van der Waals surface area contributed by atoms with Gasteiger partial charge in [-0.05, 0) is 29.3 Å². The first-order valence-corrected chi connectivity index (χ1v) is 11.1. The molecule has 0 aliphatic carbocycles. The van der Waals surface area contributed by atoms with Gasteiger partial charge in [-0.1, -0.05) is 36.4 Å². The molecular formula is C22H20N4OS2. The number of carbonyl (C=O) groups is 1. The van der Waals surface area contributed by atoms with E-state index in [9.17, 15) is 4.79 Å². The van der Waals surface area contributed by atoms with Crippen LogP contribution in [0, 0.1) is 0 Å². The molecule has 0 atom stereocenters. The van der Waals surface area contributed by atoms with Gasteiger partial charge in [0.1, 0.15) is 0 Å². The van der Waals surface area contributed by atoms with E-state index >= 15 is 0 Å². The van der Waals surface area contributed by atoms with Crippen LogP contribution in [-0.2, 0) is 18.8 Å². The van der Waals surface area contributed by atoms with Gasteiger partial charge in [0, 0.05) is 35.0 Å². The third-order valence-corrected chi connectivity index (χ3v) is 6.11. The van der Waals surface area contributed by atoms with Crippen LogP contribution >= 0.6 is 23.1 Å². The minimum atomic E-state index is -0.0630. The van der Waals surface area contributed by atoms with Crippen LogP contribution < -0.4 is 5.32 Å². The highest BCUT2D eigenvalue weighted by atomic mass is 32.2. The maximum atomic E-state index is 12.7. The van der Waals surface area contributed by atoms with Crippen LogP contribution in [0.5, 0.6) is 0 Å². The summed E-state index contributed by atoms with van der Waals surface area (Å²) in [4.78, 5) is 18.0. The minimum Gasteiger partial charge on any atom is -0.348 e. The zero-order chi connectivity index (χ0) is 19.9. The highest BCUT2D eigenvalue weighted by Gasteiger charge is 2.11. The van der Waals surface area contributed by atoms with E-state index in [1.165, 1.54) is 5.56 Å². The predicted molar refractivity (Wildman–Crippen MR) is 117 cm³/mol. The minimum absolute atomic E-state index is 0.0630. The van der Waals surface area contributed by atoms with Gasteiger partial charge in [0.15, 0.2) is 0 Å². The first-order valence-electron chi connectivity index (χ1n) is 9.20. The maximum Gasteiger partial charge on any atom is 0.252 e. The summed E-state index contributed by atoms with van der Waals surface area (Å²) in [6.07, 6.45) is 3.72. The van der Waals surface area contributed by atoms with Gasteiger partial charge in [0.2, 0.25) is 0 Å². The second-order valence-electron chi connectivity index (χ2n) is 6.47. The molecule has 0 radical (unpaired) electrons. The molecule has 0 fully saturated rings. The Morgan fingerprint density at radius 1 is 1.07 bits per heavy atom. The molecule has 0 aliphatic rings. The van der Waals surface area contributed by atoms with Gasteiger partial charge in [0.25, 0.3) is 5.91 Å². The van der Waals surface area contributed by atoms with Crippen LogP contribution in [0.25, 0.3) is 0 Å². The van der Waals surface area contributed by atoms with Gasteiger partial charge in [-0.25, -0.2) is 4.98 Å². The predicted octanol–water partition coefficient (Wildman–Crippen LogP) is 4.61. The SMILES string of the molecule is O=C(NCc1ccc(Cn2cccn2)cc1)c1ccccc1SCc1cscn1. The molecule has 0 saturated heterocycles. The highest BCUT2D eigenvalue weighted by Crippen LogP contribution is 2.26. The Hall–Kier alpha value is -2.90. The number of hydrogen-bond donors (Lipinski definition) is 1. The molecule has 0 saturated carbocycles. The second-order valence-corrected chi connectivity index (χ2v) is 8.20. The Morgan fingerprint density at radius 3 is 2.66 bits per heavy atom. The molecule has 2 aromatic heterocycles. The Bertz CT molecular complexity index is 1040. The third kappa shape index (κ3) is 5.34. The van der Waals surface area contributed by atoms with Crippen LogP contribution in [0.15, 0.2) is 82.8 Å². The maximum absolute atomic E-state index is 12.7. The van der Waals surface area contributed by atoms with Crippen molar-refractivity contribution < 1.29 is 4.79 Å². The van der Waals surface area contributed by atoms with Crippen molar-refractivity contribution in [3.05, 3.63) is 100 Å². The fraction of sp³-hybridized carbons (Fsp3) is 0.136. The van der Waals surface area contributed by atoms with Crippen molar-refractivity contribution in [1.29, 1.82) is 0 Å². The zero-order valence-corrected chi connectivity index (χ0v) is 17.3. The summed E-state index contributed by atoms with van der Waals surface area (Å²) in [5.74, 6) is 0.692. The topological polar surface area (TPSA) is 59.8 Å². The standard InChI is InChI=1S/C22H20N4OS2/c27-22(20-4-1-2-5-21(20)29-15-19-14-28-16-24-19)23-12-17-6-8-18(9-7-17)13-26-11-3-10-25-26/h1-11,14,16H,12-13,15H2,(H,23,27). The van der Waals surface area contributed by atoms with E-state index in [0.29, 0.717) is 12.1 Å². The fourth-order valence-electron chi connectivity index (χ4n) is 2.86. The lowest BCUT2D eigenvalue weighted by atomic mass is 10.1. The first kappa shape index (κ1) is 19.4. The summed E-state index contributed by atoms with van der Waals surface area (Å²) in [6, 6.07) is 17.8. The van der Waals surface area contributed by atoms with Crippen LogP contribution in [-0.4, -0.2) is 20.7 Å². The van der Waals surface area contributed by atoms with Crippen LogP contribution in [0.2, 0.25) is 0 Å². The number of amides is 1. The normalized spacial score (nSPS) is 10.8. The van der Waals surface area contributed by atoms with E-state index in [-0.39, 0.29) is 5.91 Å². The quantitative estimate of drug-likeness (QED) is 0.423. The summed E-state index contributed by atoms with van der Waals surface area (Å²) in [5, 5.41) is 9.28. The lowest BCUT2D eigenvalue weighted by Gasteiger charge is -2.10. The number of hydrogen-bond acceptors (Lipinski definition) is 5. The first-order chi connectivity index (χ1) is 14.3. The third-order valence-electron chi connectivity index (χ3n) is 4.37. The molecule has 146 valence electrons. The molecule has 0 aliphatic heterocycles. The van der Waals surface area contributed by atoms with Crippen molar-refractivity contribution in [2.75, 3.05) is 0 Å². The second kappa shape index (κ2) is 9.54. The Kier molecular flexibility index (Phi) is 6.38. The Labute approximate surface area is 177 Å². The largest absolute Gasteiger partial charge is 0.348 e. The zero-order valence-electron chi connectivity index (χ0n) is 15.7. The molecule has 1 N–H and O–H groups in total.